The molecule has 1 heterocycles. The predicted octanol–water partition coefficient (Wildman–Crippen LogP) is 5.12. The van der Waals surface area contributed by atoms with Crippen LogP contribution in [-0.4, -0.2) is 19.2 Å². The van der Waals surface area contributed by atoms with Crippen molar-refractivity contribution in [2.75, 3.05) is 0 Å². The van der Waals surface area contributed by atoms with Crippen molar-refractivity contribution in [1.29, 1.82) is 0 Å². The molecule has 0 bridgehead atoms. The summed E-state index contributed by atoms with van der Waals surface area (Å²) in [6.07, 6.45) is 2.85. The largest absolute Gasteiger partial charge is 0.299 e. The first-order valence-electron chi connectivity index (χ1n) is 10.7. The third-order valence-electron chi connectivity index (χ3n) is 6.13. The molecule has 1 aromatic heterocycles. The van der Waals surface area contributed by atoms with Crippen LogP contribution in [0.5, 0.6) is 0 Å². The fraction of sp³-hybridized carbons (Fsp3) is 0.185. The van der Waals surface area contributed by atoms with E-state index < -0.39 is 9.84 Å². The van der Waals surface area contributed by atoms with E-state index in [1.165, 1.54) is 5.39 Å². The van der Waals surface area contributed by atoms with E-state index in [1.54, 1.807) is 36.5 Å². The number of hydrogen-bond acceptors (Lipinski definition) is 4. The van der Waals surface area contributed by atoms with Crippen LogP contribution in [0.3, 0.4) is 0 Å². The number of fused-ring (bicyclic) bond motifs is 1. The van der Waals surface area contributed by atoms with Crippen LogP contribution in [0.15, 0.2) is 96.0 Å². The lowest BCUT2D eigenvalue weighted by molar-refractivity contribution is -0.119. The van der Waals surface area contributed by atoms with Gasteiger partial charge in [0.25, 0.3) is 0 Å². The third kappa shape index (κ3) is 4.34. The predicted molar refractivity (Wildman–Crippen MR) is 125 cm³/mol. The molecule has 0 saturated heterocycles. The van der Waals surface area contributed by atoms with Gasteiger partial charge in [-0.25, -0.2) is 8.42 Å². The quantitative estimate of drug-likeness (QED) is 0.399. The summed E-state index contributed by atoms with van der Waals surface area (Å²) in [6, 6.07) is 26.6. The molecule has 0 radical (unpaired) electrons. The van der Waals surface area contributed by atoms with Gasteiger partial charge in [0.1, 0.15) is 5.78 Å². The fourth-order valence-electron chi connectivity index (χ4n) is 4.28. The summed E-state index contributed by atoms with van der Waals surface area (Å²) in [5, 5.41) is 2.32. The first-order valence-corrected chi connectivity index (χ1v) is 12.4. The normalized spacial score (nSPS) is 17.9. The average Bonchev–Trinajstić information content (AvgIpc) is 3.61. The molecule has 1 fully saturated rings. The highest BCUT2D eigenvalue weighted by molar-refractivity contribution is 7.90. The van der Waals surface area contributed by atoms with Gasteiger partial charge in [-0.15, -0.1) is 0 Å². The molecule has 32 heavy (non-hydrogen) atoms. The molecule has 5 heteroatoms. The van der Waals surface area contributed by atoms with Crippen LogP contribution < -0.4 is 0 Å². The highest BCUT2D eigenvalue weighted by Crippen LogP contribution is 2.48. The average molecular weight is 442 g/mol. The summed E-state index contributed by atoms with van der Waals surface area (Å²) in [5.74, 6) is 0.314. The minimum absolute atomic E-state index is 0.0115. The number of carbonyl (C=O) groups is 1. The summed E-state index contributed by atoms with van der Waals surface area (Å²) in [6.45, 7) is 0. The summed E-state index contributed by atoms with van der Waals surface area (Å²) < 4.78 is 25.3. The van der Waals surface area contributed by atoms with E-state index in [0.717, 1.165) is 22.9 Å². The van der Waals surface area contributed by atoms with Crippen molar-refractivity contribution in [3.63, 3.8) is 0 Å². The molecule has 4 aromatic rings. The molecule has 2 atom stereocenters. The van der Waals surface area contributed by atoms with E-state index in [0.29, 0.717) is 12.1 Å². The number of carbonyl (C=O) groups excluding carboxylic acids is 1. The Kier molecular flexibility index (Phi) is 5.35. The molecule has 1 aliphatic carbocycles. The van der Waals surface area contributed by atoms with E-state index in [4.69, 9.17) is 0 Å². The van der Waals surface area contributed by atoms with Gasteiger partial charge in [0.15, 0.2) is 9.84 Å². The van der Waals surface area contributed by atoms with Gasteiger partial charge in [-0.2, -0.15) is 0 Å². The third-order valence-corrected chi connectivity index (χ3v) is 7.79. The number of Topliss-reactive ketones (excluding diaryl/α,β-unsaturated/α-hetero) is 1. The maximum Gasteiger partial charge on any atom is 0.184 e. The fourth-order valence-corrected chi connectivity index (χ4v) is 5.56. The first kappa shape index (κ1) is 20.6. The molecule has 0 N–H and O–H groups in total. The molecule has 160 valence electrons. The molecule has 0 aliphatic heterocycles. The Hall–Kier alpha value is -3.31. The maximum atomic E-state index is 12.8. The molecular weight excluding hydrogens is 418 g/mol. The first-order chi connectivity index (χ1) is 15.5. The smallest absolute Gasteiger partial charge is 0.184 e. The van der Waals surface area contributed by atoms with Gasteiger partial charge in [0.2, 0.25) is 0 Å². The van der Waals surface area contributed by atoms with E-state index in [9.17, 15) is 13.2 Å². The van der Waals surface area contributed by atoms with Gasteiger partial charge in [-0.1, -0.05) is 60.7 Å². The zero-order valence-electron chi connectivity index (χ0n) is 17.5. The SMILES string of the molecule is O=C(Cc1ccc2ccccc2c1)[C@@H]1CC1c1ccc(S(=O)(=O)Cc2ccccn2)cc1. The summed E-state index contributed by atoms with van der Waals surface area (Å²) >= 11 is 0. The Morgan fingerprint density at radius 2 is 1.62 bits per heavy atom. The van der Waals surface area contributed by atoms with Crippen molar-refractivity contribution >= 4 is 26.4 Å². The number of benzene rings is 3. The van der Waals surface area contributed by atoms with Crippen LogP contribution in [-0.2, 0) is 26.8 Å². The Bertz CT molecular complexity index is 1380. The van der Waals surface area contributed by atoms with Gasteiger partial charge in [-0.05, 0) is 58.5 Å². The molecule has 4 nitrogen and oxygen atoms in total. The summed E-state index contributed by atoms with van der Waals surface area (Å²) in [7, 11) is -3.45. The van der Waals surface area contributed by atoms with Crippen molar-refractivity contribution in [3.05, 3.63) is 108 Å². The lowest BCUT2D eigenvalue weighted by atomic mass is 10.00. The van der Waals surface area contributed by atoms with Gasteiger partial charge in [-0.3, -0.25) is 9.78 Å². The van der Waals surface area contributed by atoms with Crippen molar-refractivity contribution in [1.82, 2.24) is 4.98 Å². The van der Waals surface area contributed by atoms with E-state index in [2.05, 4.69) is 29.2 Å². The number of aromatic nitrogens is 1. The molecule has 0 spiro atoms. The topological polar surface area (TPSA) is 64.1 Å². The van der Waals surface area contributed by atoms with Gasteiger partial charge in [0, 0.05) is 18.5 Å². The second kappa shape index (κ2) is 8.32. The lowest BCUT2D eigenvalue weighted by Gasteiger charge is -2.06. The number of rotatable bonds is 7. The lowest BCUT2D eigenvalue weighted by Crippen LogP contribution is -2.07. The minimum atomic E-state index is -3.45. The highest BCUT2D eigenvalue weighted by Gasteiger charge is 2.43. The number of hydrogen-bond donors (Lipinski definition) is 0. The molecule has 1 saturated carbocycles. The van der Waals surface area contributed by atoms with Crippen LogP contribution in [0.4, 0.5) is 0 Å². The zero-order valence-corrected chi connectivity index (χ0v) is 18.3. The van der Waals surface area contributed by atoms with Gasteiger partial charge in [0.05, 0.1) is 16.3 Å². The Balaban J connectivity index is 1.24. The zero-order chi connectivity index (χ0) is 22.1. The molecule has 3 aromatic carbocycles. The Morgan fingerprint density at radius 1 is 0.875 bits per heavy atom. The minimum Gasteiger partial charge on any atom is -0.299 e. The Labute approximate surface area is 187 Å². The number of ketones is 1. The molecular formula is C27H23NO3S. The van der Waals surface area contributed by atoms with Crippen LogP contribution in [0, 0.1) is 5.92 Å². The number of nitrogens with zero attached hydrogens (tertiary/aromatic N) is 1. The van der Waals surface area contributed by atoms with Crippen LogP contribution >= 0.6 is 0 Å². The van der Waals surface area contributed by atoms with Crippen molar-refractivity contribution in [2.24, 2.45) is 5.92 Å². The van der Waals surface area contributed by atoms with Crippen molar-refractivity contribution in [2.45, 2.75) is 29.4 Å². The monoisotopic (exact) mass is 441 g/mol. The second-order valence-electron chi connectivity index (χ2n) is 8.42. The summed E-state index contributed by atoms with van der Waals surface area (Å²) in [4.78, 5) is 17.2. The van der Waals surface area contributed by atoms with Crippen molar-refractivity contribution in [3.8, 4) is 0 Å². The second-order valence-corrected chi connectivity index (χ2v) is 10.4. The maximum absolute atomic E-state index is 12.8. The molecule has 1 unspecified atom stereocenters. The molecule has 1 aliphatic rings. The highest BCUT2D eigenvalue weighted by atomic mass is 32.2. The van der Waals surface area contributed by atoms with Crippen LogP contribution in [0.25, 0.3) is 10.8 Å². The van der Waals surface area contributed by atoms with E-state index >= 15 is 0 Å². The van der Waals surface area contributed by atoms with Gasteiger partial charge < -0.3 is 0 Å². The van der Waals surface area contributed by atoms with E-state index in [-0.39, 0.29) is 28.3 Å². The number of pyridine rings is 1. The van der Waals surface area contributed by atoms with E-state index in [1.807, 2.05) is 30.3 Å². The van der Waals surface area contributed by atoms with Gasteiger partial charge >= 0.3 is 0 Å². The number of sulfone groups is 1. The van der Waals surface area contributed by atoms with Crippen LogP contribution in [0.1, 0.15) is 29.2 Å². The summed E-state index contributed by atoms with van der Waals surface area (Å²) in [5.41, 5.74) is 2.59. The van der Waals surface area contributed by atoms with Crippen molar-refractivity contribution < 1.29 is 13.2 Å². The molecule has 0 amide bonds. The molecule has 5 rings (SSSR count). The standard InChI is InChI=1S/C27H23NO3S/c29-27(16-19-8-9-20-5-1-2-6-22(20)15-19)26-17-25(26)21-10-12-24(13-11-21)32(30,31)18-23-7-3-4-14-28-23/h1-15,25-26H,16-18H2/t25?,26-/m1/s1. The Morgan fingerprint density at radius 3 is 2.38 bits per heavy atom. The van der Waals surface area contributed by atoms with Crippen LogP contribution in [0.2, 0.25) is 0 Å².